The number of nitrogens with zero attached hydrogens (tertiary/aromatic N) is 3. The number of amides is 1. The van der Waals surface area contributed by atoms with Crippen LogP contribution < -0.4 is 4.74 Å². The lowest BCUT2D eigenvalue weighted by Gasteiger charge is -2.34. The molecule has 3 rings (SSSR count). The standard InChI is InChI=1S/C19H24FN3O3/c1-22-10-6-5-7-14(22)11-23(2)19(24)16-12-26-18(21-16)13-25-17-9-4-3-8-15(17)20/h3-4,8-9,12,14H,5-7,10-11,13H2,1-2H3. The van der Waals surface area contributed by atoms with E-state index in [0.29, 0.717) is 12.6 Å². The molecular formula is C19H24FN3O3. The molecule has 26 heavy (non-hydrogen) atoms. The summed E-state index contributed by atoms with van der Waals surface area (Å²) in [5, 5.41) is 0. The zero-order chi connectivity index (χ0) is 18.5. The minimum Gasteiger partial charge on any atom is -0.481 e. The van der Waals surface area contributed by atoms with Crippen LogP contribution in [-0.4, -0.2) is 53.9 Å². The number of rotatable bonds is 6. The van der Waals surface area contributed by atoms with Gasteiger partial charge in [0.2, 0.25) is 5.89 Å². The first-order valence-corrected chi connectivity index (χ1v) is 8.82. The molecule has 2 aromatic rings. The third kappa shape index (κ3) is 4.40. The second-order valence-corrected chi connectivity index (χ2v) is 6.66. The number of oxazole rings is 1. The highest BCUT2D eigenvalue weighted by Gasteiger charge is 2.24. The lowest BCUT2D eigenvalue weighted by atomic mass is 10.0. The maximum Gasteiger partial charge on any atom is 0.275 e. The fraction of sp³-hybridized carbons (Fsp3) is 0.474. The number of ether oxygens (including phenoxy) is 1. The number of hydrogen-bond acceptors (Lipinski definition) is 5. The summed E-state index contributed by atoms with van der Waals surface area (Å²) >= 11 is 0. The summed E-state index contributed by atoms with van der Waals surface area (Å²) in [6, 6.07) is 6.48. The second-order valence-electron chi connectivity index (χ2n) is 6.66. The Morgan fingerprint density at radius 2 is 2.23 bits per heavy atom. The summed E-state index contributed by atoms with van der Waals surface area (Å²) in [4.78, 5) is 20.7. The van der Waals surface area contributed by atoms with Crippen molar-refractivity contribution in [3.8, 4) is 5.75 Å². The van der Waals surface area contributed by atoms with Crippen LogP contribution in [0.3, 0.4) is 0 Å². The Hall–Kier alpha value is -2.41. The molecule has 0 N–H and O–H groups in total. The van der Waals surface area contributed by atoms with Crippen LogP contribution in [0.15, 0.2) is 34.9 Å². The van der Waals surface area contributed by atoms with E-state index < -0.39 is 5.82 Å². The maximum atomic E-state index is 13.5. The number of likely N-dealkylation sites (tertiary alicyclic amines) is 1. The summed E-state index contributed by atoms with van der Waals surface area (Å²) in [5.74, 6) is -0.285. The monoisotopic (exact) mass is 361 g/mol. The fourth-order valence-electron chi connectivity index (χ4n) is 3.15. The predicted molar refractivity (Wildman–Crippen MR) is 94.5 cm³/mol. The molecule has 0 bridgehead atoms. The van der Waals surface area contributed by atoms with E-state index in [0.717, 1.165) is 13.0 Å². The molecule has 0 aliphatic carbocycles. The third-order valence-electron chi connectivity index (χ3n) is 4.71. The number of aromatic nitrogens is 1. The minimum absolute atomic E-state index is 0.0384. The Kier molecular flexibility index (Phi) is 5.88. The summed E-state index contributed by atoms with van der Waals surface area (Å²) in [5.41, 5.74) is 0.234. The number of hydrogen-bond donors (Lipinski definition) is 0. The average molecular weight is 361 g/mol. The van der Waals surface area contributed by atoms with E-state index in [9.17, 15) is 9.18 Å². The van der Waals surface area contributed by atoms with E-state index >= 15 is 0 Å². The normalized spacial score (nSPS) is 17.9. The molecule has 1 saturated heterocycles. The van der Waals surface area contributed by atoms with Crippen LogP contribution in [0.5, 0.6) is 5.75 Å². The van der Waals surface area contributed by atoms with Crippen molar-refractivity contribution in [1.82, 2.24) is 14.8 Å². The van der Waals surface area contributed by atoms with Crippen molar-refractivity contribution >= 4 is 5.91 Å². The van der Waals surface area contributed by atoms with Crippen LogP contribution in [0.25, 0.3) is 0 Å². The van der Waals surface area contributed by atoms with Crippen molar-refractivity contribution in [3.05, 3.63) is 47.9 Å². The van der Waals surface area contributed by atoms with Crippen molar-refractivity contribution < 1.29 is 18.3 Å². The lowest BCUT2D eigenvalue weighted by molar-refractivity contribution is 0.0711. The molecule has 7 heteroatoms. The fourth-order valence-corrected chi connectivity index (χ4v) is 3.15. The lowest BCUT2D eigenvalue weighted by Crippen LogP contribution is -2.45. The van der Waals surface area contributed by atoms with E-state index in [1.807, 2.05) is 0 Å². The highest BCUT2D eigenvalue weighted by atomic mass is 19.1. The van der Waals surface area contributed by atoms with Crippen LogP contribution in [0.4, 0.5) is 4.39 Å². The molecule has 1 aliphatic heterocycles. The van der Waals surface area contributed by atoms with Gasteiger partial charge < -0.3 is 19.0 Å². The van der Waals surface area contributed by atoms with Gasteiger partial charge in [0.05, 0.1) is 0 Å². The molecule has 1 aromatic carbocycles. The highest BCUT2D eigenvalue weighted by Crippen LogP contribution is 2.18. The molecule has 1 aromatic heterocycles. The molecule has 0 saturated carbocycles. The van der Waals surface area contributed by atoms with E-state index in [4.69, 9.17) is 9.15 Å². The average Bonchev–Trinajstić information content (AvgIpc) is 3.11. The van der Waals surface area contributed by atoms with Crippen molar-refractivity contribution in [2.24, 2.45) is 0 Å². The smallest absolute Gasteiger partial charge is 0.275 e. The maximum absolute atomic E-state index is 13.5. The molecule has 1 amide bonds. The van der Waals surface area contributed by atoms with Gasteiger partial charge in [-0.1, -0.05) is 18.6 Å². The third-order valence-corrected chi connectivity index (χ3v) is 4.71. The SMILES string of the molecule is CN(CC1CCCCN1C)C(=O)c1coc(COc2ccccc2F)n1. The van der Waals surface area contributed by atoms with Gasteiger partial charge in [-0.15, -0.1) is 0 Å². The van der Waals surface area contributed by atoms with Gasteiger partial charge >= 0.3 is 0 Å². The first kappa shape index (κ1) is 18.4. The van der Waals surface area contributed by atoms with Gasteiger partial charge in [0.25, 0.3) is 5.91 Å². The highest BCUT2D eigenvalue weighted by molar-refractivity contribution is 5.91. The molecule has 1 atom stereocenters. The molecule has 1 fully saturated rings. The topological polar surface area (TPSA) is 58.8 Å². The van der Waals surface area contributed by atoms with Gasteiger partial charge in [-0.2, -0.15) is 0 Å². The zero-order valence-electron chi connectivity index (χ0n) is 15.2. The van der Waals surface area contributed by atoms with Crippen molar-refractivity contribution in [1.29, 1.82) is 0 Å². The number of carbonyl (C=O) groups is 1. The van der Waals surface area contributed by atoms with Gasteiger partial charge in [0.1, 0.15) is 6.26 Å². The molecule has 1 unspecified atom stereocenters. The number of carbonyl (C=O) groups excluding carboxylic acids is 1. The van der Waals surface area contributed by atoms with Crippen LogP contribution in [0.1, 0.15) is 35.6 Å². The quantitative estimate of drug-likeness (QED) is 0.792. The summed E-state index contributed by atoms with van der Waals surface area (Å²) in [6.07, 6.45) is 4.82. The van der Waals surface area contributed by atoms with E-state index in [-0.39, 0.29) is 29.8 Å². The van der Waals surface area contributed by atoms with E-state index in [1.165, 1.54) is 31.2 Å². The van der Waals surface area contributed by atoms with Crippen molar-refractivity contribution in [2.75, 3.05) is 27.2 Å². The van der Waals surface area contributed by atoms with Gasteiger partial charge in [-0.05, 0) is 38.6 Å². The molecule has 140 valence electrons. The molecule has 2 heterocycles. The Morgan fingerprint density at radius 3 is 3.00 bits per heavy atom. The minimum atomic E-state index is -0.452. The van der Waals surface area contributed by atoms with Crippen LogP contribution in [0, 0.1) is 5.82 Å². The molecule has 6 nitrogen and oxygen atoms in total. The van der Waals surface area contributed by atoms with E-state index in [2.05, 4.69) is 16.9 Å². The van der Waals surface area contributed by atoms with Crippen molar-refractivity contribution in [3.63, 3.8) is 0 Å². The molecule has 1 aliphatic rings. The molecule has 0 radical (unpaired) electrons. The first-order valence-electron chi connectivity index (χ1n) is 8.82. The number of likely N-dealkylation sites (N-methyl/N-ethyl adjacent to an activating group) is 2. The Balaban J connectivity index is 1.56. The largest absolute Gasteiger partial charge is 0.481 e. The van der Waals surface area contributed by atoms with Crippen LogP contribution in [0.2, 0.25) is 0 Å². The second kappa shape index (κ2) is 8.31. The number of para-hydroxylation sites is 1. The number of halogens is 1. The Bertz CT molecular complexity index is 749. The summed E-state index contributed by atoms with van der Waals surface area (Å²) < 4.78 is 24.2. The predicted octanol–water partition coefficient (Wildman–Crippen LogP) is 2.95. The van der Waals surface area contributed by atoms with Crippen molar-refractivity contribution in [2.45, 2.75) is 31.9 Å². The molecular weight excluding hydrogens is 337 g/mol. The number of piperidine rings is 1. The summed E-state index contributed by atoms with van der Waals surface area (Å²) in [7, 11) is 3.87. The number of benzene rings is 1. The Labute approximate surface area is 152 Å². The zero-order valence-corrected chi connectivity index (χ0v) is 15.2. The van der Waals surface area contributed by atoms with Gasteiger partial charge in [0.15, 0.2) is 23.9 Å². The van der Waals surface area contributed by atoms with Gasteiger partial charge in [-0.25, -0.2) is 9.37 Å². The van der Waals surface area contributed by atoms with Crippen LogP contribution in [-0.2, 0) is 6.61 Å². The van der Waals surface area contributed by atoms with Gasteiger partial charge in [0, 0.05) is 19.6 Å². The molecule has 0 spiro atoms. The first-order chi connectivity index (χ1) is 12.5. The van der Waals surface area contributed by atoms with Crippen LogP contribution >= 0.6 is 0 Å². The van der Waals surface area contributed by atoms with E-state index in [1.54, 1.807) is 24.1 Å². The van der Waals surface area contributed by atoms with Gasteiger partial charge in [-0.3, -0.25) is 4.79 Å². The summed E-state index contributed by atoms with van der Waals surface area (Å²) in [6.45, 7) is 1.68. The Morgan fingerprint density at radius 1 is 1.42 bits per heavy atom.